The monoisotopic (exact) mass is 380 g/mol. The zero-order chi connectivity index (χ0) is 19.8. The molecular formula is C18H22F2N4O3. The van der Waals surface area contributed by atoms with Gasteiger partial charge in [-0.15, -0.1) is 0 Å². The summed E-state index contributed by atoms with van der Waals surface area (Å²) in [6.07, 6.45) is -0.158. The number of hydrogen-bond acceptors (Lipinski definition) is 5. The predicted molar refractivity (Wildman–Crippen MR) is 94.1 cm³/mol. The number of aromatic nitrogens is 2. The van der Waals surface area contributed by atoms with E-state index in [0.717, 1.165) is 23.9 Å². The van der Waals surface area contributed by atoms with Gasteiger partial charge in [-0.2, -0.15) is 0 Å². The number of aryl methyl sites for hydroxylation is 1. The summed E-state index contributed by atoms with van der Waals surface area (Å²) in [6.45, 7) is 2.36. The van der Waals surface area contributed by atoms with E-state index in [1.807, 2.05) is 6.92 Å². The molecule has 1 aromatic carbocycles. The maximum atomic E-state index is 13.3. The first kappa shape index (κ1) is 20.7. The molecule has 0 aliphatic carbocycles. The Balaban J connectivity index is 1.96. The molecule has 27 heavy (non-hydrogen) atoms. The van der Waals surface area contributed by atoms with Crippen molar-refractivity contribution in [2.24, 2.45) is 0 Å². The van der Waals surface area contributed by atoms with E-state index in [0.29, 0.717) is 18.8 Å². The summed E-state index contributed by atoms with van der Waals surface area (Å²) in [4.78, 5) is 19.4. The van der Waals surface area contributed by atoms with Crippen molar-refractivity contribution in [2.45, 2.75) is 38.5 Å². The van der Waals surface area contributed by atoms with E-state index in [2.05, 4.69) is 20.6 Å². The van der Waals surface area contributed by atoms with Crippen molar-refractivity contribution in [1.82, 2.24) is 20.6 Å². The number of aliphatic hydroxyl groups excluding tert-OH is 1. The molecule has 0 unspecified atom stereocenters. The largest absolute Gasteiger partial charge is 0.465 e. The molecule has 9 heteroatoms. The minimum atomic E-state index is -1.33. The van der Waals surface area contributed by atoms with Crippen molar-refractivity contribution >= 4 is 6.09 Å². The summed E-state index contributed by atoms with van der Waals surface area (Å²) < 4.78 is 26.7. The van der Waals surface area contributed by atoms with Gasteiger partial charge in [-0.1, -0.05) is 6.92 Å². The van der Waals surface area contributed by atoms with Gasteiger partial charge in [0.25, 0.3) is 0 Å². The maximum absolute atomic E-state index is 13.3. The highest BCUT2D eigenvalue weighted by Gasteiger charge is 2.22. The molecule has 0 saturated carbocycles. The Morgan fingerprint density at radius 1 is 1.26 bits per heavy atom. The summed E-state index contributed by atoms with van der Waals surface area (Å²) in [5, 5.41) is 24.5. The average molecular weight is 380 g/mol. The Morgan fingerprint density at radius 2 is 1.96 bits per heavy atom. The van der Waals surface area contributed by atoms with Crippen LogP contribution in [0.1, 0.15) is 24.0 Å². The third-order valence-electron chi connectivity index (χ3n) is 3.89. The number of nitrogens with zero attached hydrogens (tertiary/aromatic N) is 2. The second-order valence-electron chi connectivity index (χ2n) is 6.05. The van der Waals surface area contributed by atoms with Crippen LogP contribution in [-0.2, 0) is 19.4 Å². The number of benzene rings is 1. The van der Waals surface area contributed by atoms with Crippen LogP contribution in [-0.4, -0.2) is 45.0 Å². The lowest BCUT2D eigenvalue weighted by Gasteiger charge is -2.23. The van der Waals surface area contributed by atoms with Crippen molar-refractivity contribution in [3.63, 3.8) is 0 Å². The Kier molecular flexibility index (Phi) is 7.56. The molecule has 0 radical (unpaired) electrons. The van der Waals surface area contributed by atoms with Crippen LogP contribution in [0.25, 0.3) is 0 Å². The van der Waals surface area contributed by atoms with E-state index in [-0.39, 0.29) is 18.5 Å². The van der Waals surface area contributed by atoms with Crippen LogP contribution in [0.4, 0.5) is 13.6 Å². The van der Waals surface area contributed by atoms with Crippen molar-refractivity contribution < 1.29 is 23.8 Å². The standard InChI is InChI=1S/C18H22F2N4O3/c1-2-17-22-4-3-14(23-17)9-21-10-16(25)15(24-18(26)27)7-11-5-12(19)8-13(20)6-11/h3-6,8,15-16,21,24-25H,2,7,9-10H2,1H3,(H,26,27)/t15-,16-/m0/s1. The molecule has 0 aliphatic rings. The number of hydrogen-bond donors (Lipinski definition) is 4. The molecule has 0 aliphatic heterocycles. The zero-order valence-electron chi connectivity index (χ0n) is 14.8. The number of rotatable bonds is 9. The van der Waals surface area contributed by atoms with Gasteiger partial charge in [0.05, 0.1) is 17.8 Å². The van der Waals surface area contributed by atoms with Gasteiger partial charge in [-0.05, 0) is 30.2 Å². The normalized spacial score (nSPS) is 13.2. The third-order valence-corrected chi connectivity index (χ3v) is 3.89. The summed E-state index contributed by atoms with van der Waals surface area (Å²) in [5.41, 5.74) is 0.984. The number of carboxylic acid groups (broad SMARTS) is 1. The minimum Gasteiger partial charge on any atom is -0.465 e. The van der Waals surface area contributed by atoms with Gasteiger partial charge in [0, 0.05) is 31.8 Å². The van der Waals surface area contributed by atoms with E-state index in [1.165, 1.54) is 0 Å². The number of carbonyl (C=O) groups is 1. The van der Waals surface area contributed by atoms with Crippen LogP contribution >= 0.6 is 0 Å². The van der Waals surface area contributed by atoms with Crippen molar-refractivity contribution in [3.05, 3.63) is 59.2 Å². The van der Waals surface area contributed by atoms with Gasteiger partial charge in [0.15, 0.2) is 0 Å². The lowest BCUT2D eigenvalue weighted by molar-refractivity contribution is 0.117. The number of aliphatic hydroxyl groups is 1. The van der Waals surface area contributed by atoms with Crippen LogP contribution in [0.3, 0.4) is 0 Å². The molecule has 1 heterocycles. The molecule has 0 saturated heterocycles. The lowest BCUT2D eigenvalue weighted by Crippen LogP contribution is -2.48. The minimum absolute atomic E-state index is 0.0582. The van der Waals surface area contributed by atoms with Gasteiger partial charge < -0.3 is 20.8 Å². The SMILES string of the molecule is CCc1nccc(CNC[C@H](O)[C@H](Cc2cc(F)cc(F)c2)NC(=O)O)n1. The van der Waals surface area contributed by atoms with Crippen LogP contribution in [0.2, 0.25) is 0 Å². The summed E-state index contributed by atoms with van der Waals surface area (Å²) in [5.74, 6) is -0.822. The Labute approximate surface area is 155 Å². The molecule has 0 bridgehead atoms. The molecule has 1 aromatic heterocycles. The third kappa shape index (κ3) is 6.87. The second kappa shape index (κ2) is 9.89. The fourth-order valence-corrected chi connectivity index (χ4v) is 2.63. The van der Waals surface area contributed by atoms with Crippen molar-refractivity contribution in [2.75, 3.05) is 6.54 Å². The van der Waals surface area contributed by atoms with Crippen LogP contribution in [0.15, 0.2) is 30.5 Å². The highest BCUT2D eigenvalue weighted by atomic mass is 19.1. The lowest BCUT2D eigenvalue weighted by atomic mass is 10.0. The van der Waals surface area contributed by atoms with Crippen LogP contribution in [0, 0.1) is 11.6 Å². The van der Waals surface area contributed by atoms with Crippen molar-refractivity contribution in [1.29, 1.82) is 0 Å². The second-order valence-corrected chi connectivity index (χ2v) is 6.05. The van der Waals surface area contributed by atoms with E-state index >= 15 is 0 Å². The Hall–Kier alpha value is -2.65. The van der Waals surface area contributed by atoms with E-state index in [4.69, 9.17) is 5.11 Å². The average Bonchev–Trinajstić information content (AvgIpc) is 2.60. The fraction of sp³-hybridized carbons (Fsp3) is 0.389. The Bertz CT molecular complexity index is 756. The number of halogens is 2. The molecule has 146 valence electrons. The zero-order valence-corrected chi connectivity index (χ0v) is 14.8. The smallest absolute Gasteiger partial charge is 0.404 e. The van der Waals surface area contributed by atoms with E-state index in [9.17, 15) is 18.7 Å². The van der Waals surface area contributed by atoms with Gasteiger partial charge >= 0.3 is 6.09 Å². The van der Waals surface area contributed by atoms with Crippen molar-refractivity contribution in [3.8, 4) is 0 Å². The summed E-state index contributed by atoms with van der Waals surface area (Å²) in [6, 6.07) is 3.74. The molecule has 2 atom stereocenters. The highest BCUT2D eigenvalue weighted by molar-refractivity contribution is 5.65. The first-order valence-electron chi connectivity index (χ1n) is 8.51. The maximum Gasteiger partial charge on any atom is 0.404 e. The predicted octanol–water partition coefficient (Wildman–Crippen LogP) is 1.65. The Morgan fingerprint density at radius 3 is 2.59 bits per heavy atom. The van der Waals surface area contributed by atoms with Gasteiger partial charge in [0.2, 0.25) is 0 Å². The van der Waals surface area contributed by atoms with Gasteiger partial charge in [-0.25, -0.2) is 23.5 Å². The highest BCUT2D eigenvalue weighted by Crippen LogP contribution is 2.12. The summed E-state index contributed by atoms with van der Waals surface area (Å²) in [7, 11) is 0. The number of nitrogens with one attached hydrogen (secondary N) is 2. The quantitative estimate of drug-likeness (QED) is 0.527. The molecule has 4 N–H and O–H groups in total. The molecular weight excluding hydrogens is 358 g/mol. The van der Waals surface area contributed by atoms with E-state index in [1.54, 1.807) is 12.3 Å². The molecule has 2 rings (SSSR count). The molecule has 2 aromatic rings. The molecule has 0 spiro atoms. The van der Waals surface area contributed by atoms with Gasteiger partial charge in [-0.3, -0.25) is 0 Å². The molecule has 0 fully saturated rings. The number of amides is 1. The first-order chi connectivity index (χ1) is 12.9. The van der Waals surface area contributed by atoms with E-state index < -0.39 is 29.9 Å². The fourth-order valence-electron chi connectivity index (χ4n) is 2.63. The first-order valence-corrected chi connectivity index (χ1v) is 8.51. The van der Waals surface area contributed by atoms with Crippen LogP contribution in [0.5, 0.6) is 0 Å². The van der Waals surface area contributed by atoms with Gasteiger partial charge in [0.1, 0.15) is 17.5 Å². The topological polar surface area (TPSA) is 107 Å². The summed E-state index contributed by atoms with van der Waals surface area (Å²) >= 11 is 0. The van der Waals surface area contributed by atoms with Crippen LogP contribution < -0.4 is 10.6 Å². The molecule has 7 nitrogen and oxygen atoms in total. The molecule has 1 amide bonds.